The molecule has 8 rings (SSSR count). The smallest absolute Gasteiger partial charge is 0.488 e. The number of hydrogen-bond acceptors (Lipinski definition) is 14. The number of carbonyl (C=O) groups excluding carboxylic acids is 2. The largest absolute Gasteiger partial charge is 0.768 e. The summed E-state index contributed by atoms with van der Waals surface area (Å²) in [6, 6.07) is 29.3. The molecule has 0 spiro atoms. The number of halogens is 1. The molecule has 2 amide bonds. The molecule has 0 aliphatic carbocycles. The molecule has 1 unspecified atom stereocenters. The Morgan fingerprint density at radius 1 is 0.768 bits per heavy atom. The van der Waals surface area contributed by atoms with E-state index in [1.165, 1.54) is 60.7 Å². The quantitative estimate of drug-likeness (QED) is 0.112. The number of hydrogen-bond donors (Lipinski definition) is 3. The predicted octanol–water partition coefficient (Wildman–Crippen LogP) is 5.11. The maximum atomic E-state index is 13.2. The summed E-state index contributed by atoms with van der Waals surface area (Å²) in [6.45, 7) is 4.60. The third-order valence-electron chi connectivity index (χ3n) is 10.0. The van der Waals surface area contributed by atoms with Crippen molar-refractivity contribution >= 4 is 84.1 Å². The fourth-order valence-corrected chi connectivity index (χ4v) is 7.93. The van der Waals surface area contributed by atoms with Crippen LogP contribution in [-0.2, 0) is 21.1 Å². The predicted molar refractivity (Wildman–Crippen MR) is 263 cm³/mol. The van der Waals surface area contributed by atoms with Crippen LogP contribution in [0, 0.1) is 22.7 Å². The summed E-state index contributed by atoms with van der Waals surface area (Å²) in [4.78, 5) is 37.8. The van der Waals surface area contributed by atoms with Gasteiger partial charge in [-0.2, -0.15) is 20.7 Å². The van der Waals surface area contributed by atoms with Gasteiger partial charge in [0.15, 0.2) is 0 Å². The summed E-state index contributed by atoms with van der Waals surface area (Å²) in [6.07, 6.45) is 9.69. The normalized spacial score (nSPS) is 11.1. The number of nitriles is 2. The minimum absolute atomic E-state index is 0. The first-order valence-corrected chi connectivity index (χ1v) is 23.5. The van der Waals surface area contributed by atoms with Gasteiger partial charge in [-0.3, -0.25) is 23.6 Å². The van der Waals surface area contributed by atoms with Gasteiger partial charge in [0.25, 0.3) is 11.8 Å². The molecule has 69 heavy (non-hydrogen) atoms. The summed E-state index contributed by atoms with van der Waals surface area (Å²) < 4.78 is 51.1. The molecule has 0 saturated heterocycles. The molecule has 0 fully saturated rings. The number of amides is 2. The van der Waals surface area contributed by atoms with Crippen LogP contribution in [-0.4, -0.2) is 95.5 Å². The first-order chi connectivity index (χ1) is 32.6. The Bertz CT molecular complexity index is 3310. The van der Waals surface area contributed by atoms with Gasteiger partial charge in [0.1, 0.15) is 23.8 Å². The third-order valence-corrected chi connectivity index (χ3v) is 12.7. The van der Waals surface area contributed by atoms with E-state index in [0.29, 0.717) is 52.5 Å². The van der Waals surface area contributed by atoms with Gasteiger partial charge in [0.2, 0.25) is 10.0 Å². The lowest BCUT2D eigenvalue weighted by Gasteiger charge is -2.20. The highest BCUT2D eigenvalue weighted by atomic mass is 79.9. The Balaban J connectivity index is 0.000000213. The van der Waals surface area contributed by atoms with E-state index >= 15 is 0 Å². The molecule has 0 saturated carbocycles. The summed E-state index contributed by atoms with van der Waals surface area (Å²) in [5, 5.41) is 43.6. The van der Waals surface area contributed by atoms with Crippen LogP contribution in [0.4, 0.5) is 11.6 Å². The fraction of sp³-hybridized carbons (Fsp3) is 0.130. The Labute approximate surface area is 408 Å². The Morgan fingerprint density at radius 2 is 1.26 bits per heavy atom. The molecule has 6 aromatic heterocycles. The van der Waals surface area contributed by atoms with E-state index in [1.54, 1.807) is 99.4 Å². The van der Waals surface area contributed by atoms with Gasteiger partial charge in [0.05, 0.1) is 43.9 Å². The minimum atomic E-state index is -3.53. The monoisotopic (exact) mass is 1030 g/mol. The number of pyridine rings is 4. The molecular weight excluding hydrogens is 989 g/mol. The van der Waals surface area contributed by atoms with Crippen LogP contribution in [0.25, 0.3) is 22.2 Å². The number of anilines is 2. The highest BCUT2D eigenvalue weighted by molar-refractivity contribution is 9.10. The lowest BCUT2D eigenvalue weighted by Crippen LogP contribution is -2.31. The van der Waals surface area contributed by atoms with Crippen molar-refractivity contribution in [3.05, 3.63) is 161 Å². The number of sulfonamides is 1. The minimum Gasteiger partial charge on any atom is -0.768 e. The number of aromatic nitrogens is 6. The molecular formula is C46H42BBrN11O8S2-. The van der Waals surface area contributed by atoms with Crippen LogP contribution in [0.3, 0.4) is 0 Å². The van der Waals surface area contributed by atoms with Gasteiger partial charge in [-0.25, -0.2) is 32.1 Å². The lowest BCUT2D eigenvalue weighted by atomic mass is 9.81. The van der Waals surface area contributed by atoms with E-state index in [4.69, 9.17) is 20.6 Å². The first kappa shape index (κ1) is 52.5. The zero-order valence-electron chi connectivity index (χ0n) is 36.2. The molecule has 23 heteroatoms. The molecule has 352 valence electrons. The third kappa shape index (κ3) is 12.4. The van der Waals surface area contributed by atoms with Gasteiger partial charge in [-0.05, 0) is 132 Å². The van der Waals surface area contributed by atoms with E-state index < -0.39 is 28.2 Å². The number of rotatable bonds is 11. The van der Waals surface area contributed by atoms with Gasteiger partial charge >= 0.3 is 7.12 Å². The standard InChI is InChI=1S/C23H20N6O3S.C16H12BrN5O.C6H7BO4S.CH4/c1-3-28(22-9-4-16(13-24)14-26-22)23(30)18-10-11-29-21(12-18)20(15-27-29)17-5-7-19(8-6-17)33(31,32)25-2;1-2-21(15-4-3-11(8-18)9-19-15)16(23)12-5-6-22-14(7-12)13(17)10-20-22;8-7(9)5-1-3-6(4-2-5)12(10)11;/h4-12,14-15,25H,3H2,1-2H3;3-7,9-10H,2H2,1H3;1-4,8-9H,(H,10,11);1H4/p-1. The van der Waals surface area contributed by atoms with Crippen molar-refractivity contribution in [2.45, 2.75) is 31.1 Å². The van der Waals surface area contributed by atoms with Crippen molar-refractivity contribution in [1.29, 1.82) is 10.5 Å². The van der Waals surface area contributed by atoms with E-state index in [0.717, 1.165) is 21.1 Å². The highest BCUT2D eigenvalue weighted by Crippen LogP contribution is 2.27. The average molecular weight is 1030 g/mol. The molecule has 1 atom stereocenters. The summed E-state index contributed by atoms with van der Waals surface area (Å²) in [5.41, 5.74) is 5.20. The van der Waals surface area contributed by atoms with Crippen LogP contribution in [0.1, 0.15) is 53.1 Å². The van der Waals surface area contributed by atoms with Crippen molar-refractivity contribution in [3.8, 4) is 23.3 Å². The fourth-order valence-electron chi connectivity index (χ4n) is 6.46. The first-order valence-electron chi connectivity index (χ1n) is 20.2. The Hall–Kier alpha value is -7.48. The van der Waals surface area contributed by atoms with Crippen molar-refractivity contribution < 1.29 is 36.8 Å². The van der Waals surface area contributed by atoms with Crippen molar-refractivity contribution in [2.75, 3.05) is 29.9 Å². The average Bonchev–Trinajstić information content (AvgIpc) is 3.97. The maximum absolute atomic E-state index is 13.2. The number of carbonyl (C=O) groups is 2. The molecule has 2 aromatic carbocycles. The van der Waals surface area contributed by atoms with Gasteiger partial charge < -0.3 is 14.6 Å². The summed E-state index contributed by atoms with van der Waals surface area (Å²) >= 11 is 1.15. The van der Waals surface area contributed by atoms with Gasteiger partial charge in [0, 0.05) is 59.5 Å². The Kier molecular flexibility index (Phi) is 17.9. The molecule has 3 N–H and O–H groups in total. The van der Waals surface area contributed by atoms with Crippen LogP contribution in [0.2, 0.25) is 0 Å². The summed E-state index contributed by atoms with van der Waals surface area (Å²) in [7, 11) is -3.73. The Morgan fingerprint density at radius 3 is 1.70 bits per heavy atom. The number of nitrogens with zero attached hydrogens (tertiary/aromatic N) is 10. The van der Waals surface area contributed by atoms with Gasteiger partial charge in [-0.15, -0.1) is 0 Å². The maximum Gasteiger partial charge on any atom is 0.488 e. The van der Waals surface area contributed by atoms with Gasteiger partial charge in [-0.1, -0.05) is 31.7 Å². The topological polar surface area (TPSA) is 275 Å². The number of fused-ring (bicyclic) bond motifs is 2. The second-order valence-electron chi connectivity index (χ2n) is 14.1. The molecule has 0 bridgehead atoms. The van der Waals surface area contributed by atoms with Crippen molar-refractivity contribution in [1.82, 2.24) is 33.9 Å². The van der Waals surface area contributed by atoms with Crippen LogP contribution in [0.15, 0.2) is 149 Å². The van der Waals surface area contributed by atoms with Crippen molar-refractivity contribution in [3.63, 3.8) is 0 Å². The van der Waals surface area contributed by atoms with E-state index in [9.17, 15) is 26.8 Å². The molecule has 19 nitrogen and oxygen atoms in total. The molecule has 0 aliphatic rings. The van der Waals surface area contributed by atoms with Crippen LogP contribution < -0.4 is 20.0 Å². The van der Waals surface area contributed by atoms with E-state index in [2.05, 4.69) is 40.8 Å². The molecule has 0 radical (unpaired) electrons. The second-order valence-corrected chi connectivity index (χ2v) is 17.8. The second kappa shape index (κ2) is 23.5. The van der Waals surface area contributed by atoms with Crippen LogP contribution in [0.5, 0.6) is 0 Å². The van der Waals surface area contributed by atoms with E-state index in [1.807, 2.05) is 26.0 Å². The number of nitrogens with one attached hydrogen (secondary N) is 1. The SMILES string of the molecule is C.CCN(C(=O)c1ccn2ncc(-c3ccc(S(=O)(=O)NC)cc3)c2c1)c1ccc(C#N)cn1.CCN(C(=O)c1ccn2ncc(Br)c2c1)c1ccc(C#N)cn1.O=S([O-])c1ccc(B(O)O)cc1. The molecule has 8 aromatic rings. The summed E-state index contributed by atoms with van der Waals surface area (Å²) in [5.74, 6) is 0.584. The van der Waals surface area contributed by atoms with E-state index in [-0.39, 0.29) is 34.5 Å². The zero-order chi connectivity index (χ0) is 49.1. The molecule has 6 heterocycles. The van der Waals surface area contributed by atoms with Crippen molar-refractivity contribution in [2.24, 2.45) is 0 Å². The zero-order valence-corrected chi connectivity index (χ0v) is 39.4. The lowest BCUT2D eigenvalue weighted by molar-refractivity contribution is 0.0979. The highest BCUT2D eigenvalue weighted by Gasteiger charge is 2.21. The van der Waals surface area contributed by atoms with Crippen LogP contribution >= 0.6 is 15.9 Å². The molecule has 0 aliphatic heterocycles. The number of benzene rings is 2.